The summed E-state index contributed by atoms with van der Waals surface area (Å²) in [6.45, 7) is 2.36. The van der Waals surface area contributed by atoms with Gasteiger partial charge in [0, 0.05) is 42.8 Å². The summed E-state index contributed by atoms with van der Waals surface area (Å²) >= 11 is 9.25. The fourth-order valence-electron chi connectivity index (χ4n) is 4.82. The number of benzene rings is 2. The second-order valence-electron chi connectivity index (χ2n) is 9.49. The van der Waals surface area contributed by atoms with Crippen molar-refractivity contribution in [2.24, 2.45) is 5.92 Å². The molecule has 38 heavy (non-hydrogen) atoms. The van der Waals surface area contributed by atoms with Gasteiger partial charge in [-0.25, -0.2) is 9.07 Å². The molecule has 5 rings (SSSR count). The number of likely N-dealkylation sites (tertiary alicyclic amines) is 1. The molecule has 1 aliphatic rings. The third-order valence-electron chi connectivity index (χ3n) is 6.91. The van der Waals surface area contributed by atoms with Crippen LogP contribution < -0.4 is 0 Å². The summed E-state index contributed by atoms with van der Waals surface area (Å²) in [5, 5.41) is 23.5. The first-order valence-corrected chi connectivity index (χ1v) is 13.6. The van der Waals surface area contributed by atoms with Crippen LogP contribution >= 0.6 is 27.5 Å². The van der Waals surface area contributed by atoms with Gasteiger partial charge in [0.2, 0.25) is 5.91 Å². The molecule has 4 aromatic rings. The molecule has 1 saturated heterocycles. The standard InChI is InChI=1S/C27H27BrClFN6O2/c28-20-14-31-35(16-20)15-18-9-11-34(12-10-18)26(37)8-5-19-3-1-2-4-25(19)36-17-24(32-33-36)27(38)22-7-6-21(29)13-23(22)30/h1-4,6-7,13-14,16-18,27,38H,5,8-12,15H2. The van der Waals surface area contributed by atoms with Gasteiger partial charge in [-0.2, -0.15) is 5.10 Å². The number of amides is 1. The number of aromatic nitrogens is 5. The monoisotopic (exact) mass is 600 g/mol. The van der Waals surface area contributed by atoms with E-state index in [2.05, 4.69) is 31.3 Å². The minimum Gasteiger partial charge on any atom is -0.382 e. The highest BCUT2D eigenvalue weighted by molar-refractivity contribution is 9.10. The number of carbonyl (C=O) groups excluding carboxylic acids is 1. The molecule has 8 nitrogen and oxygen atoms in total. The van der Waals surface area contributed by atoms with Crippen LogP contribution in [-0.4, -0.2) is 53.8 Å². The molecule has 0 spiro atoms. The number of hydrogen-bond donors (Lipinski definition) is 1. The molecule has 2 aromatic heterocycles. The Labute approximate surface area is 233 Å². The molecular formula is C27H27BrClFN6O2. The Morgan fingerprint density at radius 3 is 2.71 bits per heavy atom. The Bertz CT molecular complexity index is 1420. The smallest absolute Gasteiger partial charge is 0.222 e. The Hall–Kier alpha value is -3.08. The number of piperidine rings is 1. The van der Waals surface area contributed by atoms with Crippen molar-refractivity contribution < 1.29 is 14.3 Å². The van der Waals surface area contributed by atoms with Gasteiger partial charge in [-0.1, -0.05) is 41.1 Å². The van der Waals surface area contributed by atoms with E-state index in [-0.39, 0.29) is 22.2 Å². The summed E-state index contributed by atoms with van der Waals surface area (Å²) in [6.07, 6.45) is 6.89. The van der Waals surface area contributed by atoms with E-state index in [1.54, 1.807) is 17.1 Å². The van der Waals surface area contributed by atoms with E-state index in [4.69, 9.17) is 11.6 Å². The van der Waals surface area contributed by atoms with Crippen LogP contribution in [0, 0.1) is 11.7 Å². The molecule has 11 heteroatoms. The summed E-state index contributed by atoms with van der Waals surface area (Å²) in [5.41, 5.74) is 1.97. The molecule has 198 valence electrons. The largest absolute Gasteiger partial charge is 0.382 e. The molecule has 1 unspecified atom stereocenters. The van der Waals surface area contributed by atoms with Crippen molar-refractivity contribution in [3.8, 4) is 5.69 Å². The van der Waals surface area contributed by atoms with Crippen LogP contribution in [0.4, 0.5) is 4.39 Å². The van der Waals surface area contributed by atoms with E-state index in [1.807, 2.05) is 40.0 Å². The van der Waals surface area contributed by atoms with Crippen molar-refractivity contribution in [2.75, 3.05) is 13.1 Å². The fraction of sp³-hybridized carbons (Fsp3) is 0.333. The topological polar surface area (TPSA) is 89.1 Å². The fourth-order valence-corrected chi connectivity index (χ4v) is 5.30. The molecule has 1 atom stereocenters. The molecular weight excluding hydrogens is 575 g/mol. The third-order valence-corrected chi connectivity index (χ3v) is 7.55. The number of nitrogens with zero attached hydrogens (tertiary/aromatic N) is 6. The molecule has 2 aromatic carbocycles. The number of halogens is 3. The average Bonchev–Trinajstić information content (AvgIpc) is 3.57. The number of aliphatic hydroxyl groups is 1. The van der Waals surface area contributed by atoms with Gasteiger partial charge >= 0.3 is 0 Å². The highest BCUT2D eigenvalue weighted by Crippen LogP contribution is 2.26. The summed E-state index contributed by atoms with van der Waals surface area (Å²) in [5.74, 6) is 0.0229. The Morgan fingerprint density at radius 1 is 1.18 bits per heavy atom. The van der Waals surface area contributed by atoms with Crippen LogP contribution in [0.5, 0.6) is 0 Å². The minimum atomic E-state index is -1.28. The molecule has 1 aliphatic heterocycles. The SMILES string of the molecule is O=C(CCc1ccccc1-n1cc(C(O)c2ccc(Cl)cc2F)nn1)N1CCC(Cn2cc(Br)cn2)CC1. The molecule has 1 amide bonds. The normalized spacial score (nSPS) is 15.1. The first kappa shape index (κ1) is 26.5. The van der Waals surface area contributed by atoms with Crippen molar-refractivity contribution >= 4 is 33.4 Å². The maximum absolute atomic E-state index is 14.3. The zero-order valence-corrected chi connectivity index (χ0v) is 22.9. The number of aliphatic hydroxyl groups excluding tert-OH is 1. The first-order valence-electron chi connectivity index (χ1n) is 12.5. The second-order valence-corrected chi connectivity index (χ2v) is 10.8. The van der Waals surface area contributed by atoms with Gasteiger partial charge in [0.15, 0.2) is 0 Å². The lowest BCUT2D eigenvalue weighted by atomic mass is 9.96. The van der Waals surface area contributed by atoms with Gasteiger partial charge < -0.3 is 10.0 Å². The van der Waals surface area contributed by atoms with Crippen molar-refractivity contribution in [2.45, 2.75) is 38.3 Å². The van der Waals surface area contributed by atoms with Gasteiger partial charge in [0.05, 0.1) is 22.6 Å². The van der Waals surface area contributed by atoms with E-state index in [0.29, 0.717) is 18.8 Å². The van der Waals surface area contributed by atoms with Crippen LogP contribution in [0.25, 0.3) is 5.69 Å². The van der Waals surface area contributed by atoms with Crippen molar-refractivity contribution in [1.29, 1.82) is 0 Å². The van der Waals surface area contributed by atoms with Crippen LogP contribution in [0.15, 0.2) is 65.5 Å². The molecule has 0 aliphatic carbocycles. The maximum Gasteiger partial charge on any atom is 0.222 e. The summed E-state index contributed by atoms with van der Waals surface area (Å²) in [7, 11) is 0. The van der Waals surface area contributed by atoms with Crippen LogP contribution in [-0.2, 0) is 17.8 Å². The zero-order chi connectivity index (χ0) is 26.6. The van der Waals surface area contributed by atoms with Crippen LogP contribution in [0.2, 0.25) is 5.02 Å². The number of rotatable bonds is 8. The quantitative estimate of drug-likeness (QED) is 0.308. The molecule has 1 N–H and O–H groups in total. The van der Waals surface area contributed by atoms with Gasteiger partial charge in [-0.05, 0) is 64.9 Å². The van der Waals surface area contributed by atoms with E-state index in [9.17, 15) is 14.3 Å². The Kier molecular flexibility index (Phi) is 8.21. The second kappa shape index (κ2) is 11.8. The summed E-state index contributed by atoms with van der Waals surface area (Å²) in [6, 6.07) is 11.7. The lowest BCUT2D eigenvalue weighted by molar-refractivity contribution is -0.132. The molecule has 1 fully saturated rings. The molecule has 3 heterocycles. The average molecular weight is 602 g/mol. The highest BCUT2D eigenvalue weighted by atomic mass is 79.9. The Morgan fingerprint density at radius 2 is 1.97 bits per heavy atom. The van der Waals surface area contributed by atoms with Crippen molar-refractivity contribution in [1.82, 2.24) is 29.7 Å². The molecule has 0 saturated carbocycles. The van der Waals surface area contributed by atoms with E-state index in [0.717, 1.165) is 54.3 Å². The lowest BCUT2D eigenvalue weighted by Gasteiger charge is -2.32. The van der Waals surface area contributed by atoms with Crippen LogP contribution in [0.3, 0.4) is 0 Å². The zero-order valence-electron chi connectivity index (χ0n) is 20.6. The molecule has 0 radical (unpaired) electrons. The number of para-hydroxylation sites is 1. The van der Waals surface area contributed by atoms with E-state index < -0.39 is 11.9 Å². The third kappa shape index (κ3) is 6.14. The van der Waals surface area contributed by atoms with Gasteiger partial charge in [0.1, 0.15) is 17.6 Å². The number of carbonyl (C=O) groups is 1. The summed E-state index contributed by atoms with van der Waals surface area (Å²) in [4.78, 5) is 14.9. The predicted molar refractivity (Wildman–Crippen MR) is 144 cm³/mol. The van der Waals surface area contributed by atoms with Crippen molar-refractivity contribution in [3.63, 3.8) is 0 Å². The highest BCUT2D eigenvalue weighted by Gasteiger charge is 2.24. The number of hydrogen-bond acceptors (Lipinski definition) is 5. The Balaban J connectivity index is 1.19. The van der Waals surface area contributed by atoms with E-state index in [1.165, 1.54) is 12.1 Å². The summed E-state index contributed by atoms with van der Waals surface area (Å²) < 4.78 is 18.8. The maximum atomic E-state index is 14.3. The van der Waals surface area contributed by atoms with Gasteiger partial charge in [-0.3, -0.25) is 9.48 Å². The number of aryl methyl sites for hydroxylation is 1. The molecule has 0 bridgehead atoms. The van der Waals surface area contributed by atoms with Gasteiger partial charge in [0.25, 0.3) is 0 Å². The minimum absolute atomic E-state index is 0.0709. The van der Waals surface area contributed by atoms with E-state index >= 15 is 0 Å². The van der Waals surface area contributed by atoms with Gasteiger partial charge in [-0.15, -0.1) is 5.10 Å². The first-order chi connectivity index (χ1) is 18.4. The van der Waals surface area contributed by atoms with Crippen molar-refractivity contribution in [3.05, 3.63) is 93.2 Å². The predicted octanol–water partition coefficient (Wildman–Crippen LogP) is 4.97. The van der Waals surface area contributed by atoms with Crippen LogP contribution in [0.1, 0.15) is 42.2 Å². The lowest BCUT2D eigenvalue weighted by Crippen LogP contribution is -2.39.